The van der Waals surface area contributed by atoms with E-state index in [9.17, 15) is 4.79 Å². The summed E-state index contributed by atoms with van der Waals surface area (Å²) in [6.07, 6.45) is 9.32. The number of rotatable bonds is 10. The predicted octanol–water partition coefficient (Wildman–Crippen LogP) is 2.80. The van der Waals surface area contributed by atoms with Crippen LogP contribution < -0.4 is 5.73 Å². The van der Waals surface area contributed by atoms with E-state index in [4.69, 9.17) is 10.5 Å². The number of primary amides is 1. The monoisotopic (exact) mass is 227 g/mol. The molecule has 2 N–H and O–H groups in total. The van der Waals surface area contributed by atoms with E-state index in [1.54, 1.807) is 13.0 Å². The highest BCUT2D eigenvalue weighted by molar-refractivity contribution is 5.91. The first-order valence-corrected chi connectivity index (χ1v) is 6.22. The molecule has 0 bridgehead atoms. The van der Waals surface area contributed by atoms with Gasteiger partial charge in [-0.05, 0) is 13.3 Å². The zero-order chi connectivity index (χ0) is 12.2. The van der Waals surface area contributed by atoms with Crippen LogP contribution in [0.25, 0.3) is 0 Å². The van der Waals surface area contributed by atoms with Crippen molar-refractivity contribution in [1.29, 1.82) is 0 Å². The molecule has 0 unspecified atom stereocenters. The number of ether oxygens (including phenoxy) is 1. The standard InChI is InChI=1S/C13H25NO2/c1-3-4-5-6-7-8-10-16-11-9-12(2)13(14)15/h9H,3-8,10-11H2,1-2H3,(H2,14,15). The smallest absolute Gasteiger partial charge is 0.244 e. The Kier molecular flexibility index (Phi) is 10.1. The van der Waals surface area contributed by atoms with Crippen LogP contribution in [0.5, 0.6) is 0 Å². The molecule has 0 saturated carbocycles. The van der Waals surface area contributed by atoms with E-state index in [0.717, 1.165) is 13.0 Å². The predicted molar refractivity (Wildman–Crippen MR) is 67.1 cm³/mol. The van der Waals surface area contributed by atoms with Crippen LogP contribution in [0.1, 0.15) is 52.4 Å². The van der Waals surface area contributed by atoms with E-state index in [2.05, 4.69) is 6.92 Å². The first-order chi connectivity index (χ1) is 7.68. The molecule has 1 amide bonds. The summed E-state index contributed by atoms with van der Waals surface area (Å²) in [6.45, 7) is 5.19. The zero-order valence-corrected chi connectivity index (χ0v) is 10.6. The SMILES string of the molecule is CCCCCCCCOCC=C(C)C(N)=O. The number of hydrogen-bond acceptors (Lipinski definition) is 2. The number of unbranched alkanes of at least 4 members (excludes halogenated alkanes) is 5. The van der Waals surface area contributed by atoms with Crippen LogP contribution in [0.15, 0.2) is 11.6 Å². The van der Waals surface area contributed by atoms with Gasteiger partial charge in [-0.15, -0.1) is 0 Å². The molecule has 0 fully saturated rings. The Morgan fingerprint density at radius 1 is 1.19 bits per heavy atom. The molecular formula is C13H25NO2. The Morgan fingerprint density at radius 3 is 2.44 bits per heavy atom. The van der Waals surface area contributed by atoms with Crippen LogP contribution >= 0.6 is 0 Å². The van der Waals surface area contributed by atoms with Gasteiger partial charge in [-0.1, -0.05) is 45.1 Å². The lowest BCUT2D eigenvalue weighted by Gasteiger charge is -2.02. The minimum absolute atomic E-state index is 0.372. The topological polar surface area (TPSA) is 52.3 Å². The van der Waals surface area contributed by atoms with Crippen LogP contribution in [0.4, 0.5) is 0 Å². The Hall–Kier alpha value is -0.830. The summed E-state index contributed by atoms with van der Waals surface area (Å²) in [5.41, 5.74) is 5.65. The quantitative estimate of drug-likeness (QED) is 0.461. The molecule has 0 atom stereocenters. The van der Waals surface area contributed by atoms with Crippen molar-refractivity contribution in [2.75, 3.05) is 13.2 Å². The highest BCUT2D eigenvalue weighted by atomic mass is 16.5. The van der Waals surface area contributed by atoms with Crippen LogP contribution in [0, 0.1) is 0 Å². The number of carbonyl (C=O) groups excluding carboxylic acids is 1. The average Bonchev–Trinajstić information content (AvgIpc) is 2.26. The van der Waals surface area contributed by atoms with Crippen LogP contribution in [-0.2, 0) is 9.53 Å². The van der Waals surface area contributed by atoms with Gasteiger partial charge >= 0.3 is 0 Å². The van der Waals surface area contributed by atoms with Gasteiger partial charge in [0.1, 0.15) is 0 Å². The maximum Gasteiger partial charge on any atom is 0.244 e. The minimum atomic E-state index is -0.372. The molecule has 0 heterocycles. The third kappa shape index (κ3) is 9.71. The number of hydrogen-bond donors (Lipinski definition) is 1. The summed E-state index contributed by atoms with van der Waals surface area (Å²) >= 11 is 0. The molecule has 3 heteroatoms. The van der Waals surface area contributed by atoms with Gasteiger partial charge in [0, 0.05) is 12.2 Å². The molecule has 0 aliphatic carbocycles. The van der Waals surface area contributed by atoms with Crippen molar-refractivity contribution in [1.82, 2.24) is 0 Å². The van der Waals surface area contributed by atoms with Gasteiger partial charge in [-0.3, -0.25) is 4.79 Å². The van der Waals surface area contributed by atoms with E-state index in [1.165, 1.54) is 32.1 Å². The van der Waals surface area contributed by atoms with Crippen molar-refractivity contribution in [3.05, 3.63) is 11.6 Å². The average molecular weight is 227 g/mol. The number of amides is 1. The normalized spacial score (nSPS) is 11.8. The Morgan fingerprint density at radius 2 is 1.81 bits per heavy atom. The summed E-state index contributed by atoms with van der Waals surface area (Å²) in [7, 11) is 0. The lowest BCUT2D eigenvalue weighted by atomic mass is 10.1. The lowest BCUT2D eigenvalue weighted by molar-refractivity contribution is -0.114. The molecule has 0 radical (unpaired) electrons. The van der Waals surface area contributed by atoms with E-state index in [0.29, 0.717) is 12.2 Å². The summed E-state index contributed by atoms with van der Waals surface area (Å²) in [5, 5.41) is 0. The van der Waals surface area contributed by atoms with Gasteiger partial charge in [0.05, 0.1) is 6.61 Å². The second-order valence-corrected chi connectivity index (χ2v) is 4.09. The van der Waals surface area contributed by atoms with E-state index < -0.39 is 0 Å². The van der Waals surface area contributed by atoms with E-state index in [-0.39, 0.29) is 5.91 Å². The minimum Gasteiger partial charge on any atom is -0.377 e. The van der Waals surface area contributed by atoms with Gasteiger partial charge in [-0.2, -0.15) is 0 Å². The molecule has 0 aliphatic heterocycles. The second kappa shape index (κ2) is 10.7. The molecule has 0 aromatic carbocycles. The van der Waals surface area contributed by atoms with Crippen LogP contribution in [0.3, 0.4) is 0 Å². The van der Waals surface area contributed by atoms with Crippen molar-refractivity contribution < 1.29 is 9.53 Å². The fourth-order valence-electron chi connectivity index (χ4n) is 1.35. The Bertz CT molecular complexity index is 212. The van der Waals surface area contributed by atoms with Crippen molar-refractivity contribution >= 4 is 5.91 Å². The Labute approximate surface area is 99.0 Å². The maximum atomic E-state index is 10.7. The fourth-order valence-corrected chi connectivity index (χ4v) is 1.35. The molecule has 94 valence electrons. The fraction of sp³-hybridized carbons (Fsp3) is 0.769. The van der Waals surface area contributed by atoms with E-state index >= 15 is 0 Å². The molecule has 0 rings (SSSR count). The first-order valence-electron chi connectivity index (χ1n) is 6.22. The molecule has 0 aliphatic rings. The van der Waals surface area contributed by atoms with Crippen molar-refractivity contribution in [2.24, 2.45) is 5.73 Å². The molecular weight excluding hydrogens is 202 g/mol. The summed E-state index contributed by atoms with van der Waals surface area (Å²) in [5.74, 6) is -0.372. The van der Waals surface area contributed by atoms with Gasteiger partial charge < -0.3 is 10.5 Å². The van der Waals surface area contributed by atoms with Crippen LogP contribution in [-0.4, -0.2) is 19.1 Å². The summed E-state index contributed by atoms with van der Waals surface area (Å²) < 4.78 is 5.38. The summed E-state index contributed by atoms with van der Waals surface area (Å²) in [6, 6.07) is 0. The maximum absolute atomic E-state index is 10.7. The third-order valence-corrected chi connectivity index (χ3v) is 2.54. The van der Waals surface area contributed by atoms with Crippen molar-refractivity contribution in [3.63, 3.8) is 0 Å². The summed E-state index contributed by atoms with van der Waals surface area (Å²) in [4.78, 5) is 10.7. The zero-order valence-electron chi connectivity index (χ0n) is 10.6. The molecule has 0 aromatic rings. The van der Waals surface area contributed by atoms with Gasteiger partial charge in [-0.25, -0.2) is 0 Å². The van der Waals surface area contributed by atoms with Crippen molar-refractivity contribution in [2.45, 2.75) is 52.4 Å². The first kappa shape index (κ1) is 15.2. The Balaban J connectivity index is 3.21. The molecule has 3 nitrogen and oxygen atoms in total. The van der Waals surface area contributed by atoms with E-state index in [1.807, 2.05) is 0 Å². The lowest BCUT2D eigenvalue weighted by Crippen LogP contribution is -2.12. The molecule has 0 spiro atoms. The molecule has 0 aromatic heterocycles. The highest BCUT2D eigenvalue weighted by Gasteiger charge is 1.95. The number of carbonyl (C=O) groups is 1. The van der Waals surface area contributed by atoms with Gasteiger partial charge in [0.25, 0.3) is 0 Å². The van der Waals surface area contributed by atoms with Gasteiger partial charge in [0.15, 0.2) is 0 Å². The third-order valence-electron chi connectivity index (χ3n) is 2.54. The molecule has 16 heavy (non-hydrogen) atoms. The van der Waals surface area contributed by atoms with Gasteiger partial charge in [0.2, 0.25) is 5.91 Å². The number of nitrogens with two attached hydrogens (primary N) is 1. The second-order valence-electron chi connectivity index (χ2n) is 4.09. The van der Waals surface area contributed by atoms with Crippen molar-refractivity contribution in [3.8, 4) is 0 Å². The van der Waals surface area contributed by atoms with Crippen LogP contribution in [0.2, 0.25) is 0 Å². The molecule has 0 saturated heterocycles. The largest absolute Gasteiger partial charge is 0.377 e. The highest BCUT2D eigenvalue weighted by Crippen LogP contribution is 2.04.